The van der Waals surface area contributed by atoms with Crippen LogP contribution in [-0.2, 0) is 22.7 Å². The first kappa shape index (κ1) is 20.6. The average Bonchev–Trinajstić information content (AvgIpc) is 2.99. The molecule has 3 N–H and O–H groups in total. The number of thiazole rings is 1. The number of guanidine groups is 1. The molecule has 1 heterocycles. The van der Waals surface area contributed by atoms with Gasteiger partial charge in [0.15, 0.2) is 11.7 Å². The molecular formula is C12H20F3N5O2S2. The summed E-state index contributed by atoms with van der Waals surface area (Å²) in [6.45, 7) is 2.41. The molecule has 0 aromatic carbocycles. The molecule has 12 heteroatoms. The summed E-state index contributed by atoms with van der Waals surface area (Å²) in [4.78, 5) is 7.44. The molecule has 0 spiro atoms. The van der Waals surface area contributed by atoms with Crippen molar-refractivity contribution in [3.05, 3.63) is 16.1 Å². The van der Waals surface area contributed by atoms with Crippen LogP contribution in [0.5, 0.6) is 0 Å². The molecule has 0 aliphatic heterocycles. The van der Waals surface area contributed by atoms with Crippen LogP contribution in [0.2, 0.25) is 0 Å². The van der Waals surface area contributed by atoms with Crippen LogP contribution >= 0.6 is 11.3 Å². The zero-order valence-electron chi connectivity index (χ0n) is 13.3. The molecule has 0 atom stereocenters. The third kappa shape index (κ3) is 7.45. The lowest BCUT2D eigenvalue weighted by molar-refractivity contribution is -0.140. The van der Waals surface area contributed by atoms with Gasteiger partial charge in [-0.1, -0.05) is 0 Å². The first-order valence-electron chi connectivity index (χ1n) is 7.11. The van der Waals surface area contributed by atoms with E-state index in [2.05, 4.69) is 25.3 Å². The summed E-state index contributed by atoms with van der Waals surface area (Å²) in [6.07, 6.45) is -3.91. The van der Waals surface area contributed by atoms with E-state index in [0.29, 0.717) is 30.5 Å². The minimum atomic E-state index is -4.44. The van der Waals surface area contributed by atoms with Crippen LogP contribution in [0.25, 0.3) is 0 Å². The third-order valence-corrected chi connectivity index (χ3v) is 5.07. The van der Waals surface area contributed by atoms with Crippen molar-refractivity contribution in [2.45, 2.75) is 26.1 Å². The molecule has 0 saturated carbocycles. The van der Waals surface area contributed by atoms with Gasteiger partial charge in [-0.15, -0.1) is 11.3 Å². The molecule has 0 fully saturated rings. The van der Waals surface area contributed by atoms with Gasteiger partial charge in [0.2, 0.25) is 10.0 Å². The molecule has 0 saturated heterocycles. The van der Waals surface area contributed by atoms with Crippen LogP contribution in [0.1, 0.15) is 24.0 Å². The Hall–Kier alpha value is -1.40. The number of aliphatic imine (C=N–C) groups is 1. The maximum absolute atomic E-state index is 12.5. The quantitative estimate of drug-likeness (QED) is 0.353. The smallest absolute Gasteiger partial charge is 0.356 e. The second kappa shape index (κ2) is 9.18. The van der Waals surface area contributed by atoms with Crippen molar-refractivity contribution in [3.63, 3.8) is 0 Å². The van der Waals surface area contributed by atoms with Crippen LogP contribution in [0.4, 0.5) is 13.2 Å². The number of nitrogens with zero attached hydrogens (tertiary/aromatic N) is 2. The summed E-state index contributed by atoms with van der Waals surface area (Å²) in [7, 11) is -1.68. The number of rotatable bonds is 8. The first-order chi connectivity index (χ1) is 11.2. The molecule has 0 bridgehead atoms. The predicted octanol–water partition coefficient (Wildman–Crippen LogP) is 1.16. The van der Waals surface area contributed by atoms with Crippen LogP contribution in [0.3, 0.4) is 0 Å². The molecule has 1 aromatic heterocycles. The topological polar surface area (TPSA) is 95.5 Å². The Bertz CT molecular complexity index is 643. The highest BCUT2D eigenvalue weighted by Gasteiger charge is 2.33. The van der Waals surface area contributed by atoms with Crippen molar-refractivity contribution in [2.75, 3.05) is 25.9 Å². The molecule has 1 rings (SSSR count). The fraction of sp³-hybridized carbons (Fsp3) is 0.667. The second-order valence-corrected chi connectivity index (χ2v) is 7.67. The number of halogens is 3. The Morgan fingerprint density at radius 2 is 2.04 bits per heavy atom. The van der Waals surface area contributed by atoms with Gasteiger partial charge in [-0.2, -0.15) is 13.2 Å². The minimum absolute atomic E-state index is 0.0252. The Labute approximate surface area is 142 Å². The minimum Gasteiger partial charge on any atom is -0.356 e. The fourth-order valence-corrected chi connectivity index (χ4v) is 2.93. The molecule has 0 aliphatic rings. The first-order valence-corrected chi connectivity index (χ1v) is 9.64. The zero-order valence-corrected chi connectivity index (χ0v) is 14.9. The van der Waals surface area contributed by atoms with Crippen LogP contribution in [-0.4, -0.2) is 45.3 Å². The van der Waals surface area contributed by atoms with Gasteiger partial charge in [-0.3, -0.25) is 4.99 Å². The van der Waals surface area contributed by atoms with Crippen molar-refractivity contribution in [1.29, 1.82) is 0 Å². The zero-order chi connectivity index (χ0) is 18.2. The van der Waals surface area contributed by atoms with Gasteiger partial charge in [-0.05, 0) is 13.3 Å². The Morgan fingerprint density at radius 3 is 2.58 bits per heavy atom. The summed E-state index contributed by atoms with van der Waals surface area (Å²) in [5, 5.41) is 7.05. The molecule has 7 nitrogen and oxygen atoms in total. The van der Waals surface area contributed by atoms with E-state index in [4.69, 9.17) is 0 Å². The molecule has 1 aromatic rings. The summed E-state index contributed by atoms with van der Waals surface area (Å²) < 4.78 is 62.3. The molecular weight excluding hydrogens is 367 g/mol. The van der Waals surface area contributed by atoms with Gasteiger partial charge in [0.25, 0.3) is 0 Å². The number of nitrogens with one attached hydrogen (secondary N) is 3. The van der Waals surface area contributed by atoms with E-state index in [0.717, 1.165) is 16.7 Å². The molecule has 24 heavy (non-hydrogen) atoms. The van der Waals surface area contributed by atoms with E-state index in [-0.39, 0.29) is 12.3 Å². The SMILES string of the molecule is CCS(=O)(=O)NCCCNC(=NC)NCc1nc(C(F)(F)F)cs1. The number of aromatic nitrogens is 1. The maximum Gasteiger partial charge on any atom is 0.434 e. The number of alkyl halides is 3. The van der Waals surface area contributed by atoms with E-state index >= 15 is 0 Å². The van der Waals surface area contributed by atoms with Crippen LogP contribution in [0.15, 0.2) is 10.4 Å². The predicted molar refractivity (Wildman–Crippen MR) is 87.4 cm³/mol. The van der Waals surface area contributed by atoms with Gasteiger partial charge in [0, 0.05) is 25.5 Å². The lowest BCUT2D eigenvalue weighted by Crippen LogP contribution is -2.38. The van der Waals surface area contributed by atoms with Crippen molar-refractivity contribution < 1.29 is 21.6 Å². The average molecular weight is 387 g/mol. The molecule has 0 amide bonds. The molecule has 138 valence electrons. The third-order valence-electron chi connectivity index (χ3n) is 2.82. The monoisotopic (exact) mass is 387 g/mol. The van der Waals surface area contributed by atoms with Crippen molar-refractivity contribution in [2.24, 2.45) is 4.99 Å². The number of hydrogen-bond acceptors (Lipinski definition) is 5. The van der Waals surface area contributed by atoms with Gasteiger partial charge >= 0.3 is 6.18 Å². The normalized spacial score (nSPS) is 13.1. The highest BCUT2D eigenvalue weighted by Crippen LogP contribution is 2.29. The Morgan fingerprint density at radius 1 is 1.33 bits per heavy atom. The standard InChI is InChI=1S/C12H20F3N5O2S2/c1-3-24(21,22)19-6-4-5-17-11(16-2)18-7-10-20-9(8-23-10)12(13,14)15/h8,19H,3-7H2,1-2H3,(H2,16,17,18). The lowest BCUT2D eigenvalue weighted by atomic mass is 10.4. The van der Waals surface area contributed by atoms with Gasteiger partial charge < -0.3 is 10.6 Å². The van der Waals surface area contributed by atoms with Gasteiger partial charge in [-0.25, -0.2) is 18.1 Å². The van der Waals surface area contributed by atoms with Crippen molar-refractivity contribution in [1.82, 2.24) is 20.3 Å². The largest absolute Gasteiger partial charge is 0.434 e. The molecule has 0 aliphatic carbocycles. The van der Waals surface area contributed by atoms with E-state index < -0.39 is 21.9 Å². The van der Waals surface area contributed by atoms with Crippen LogP contribution < -0.4 is 15.4 Å². The van der Waals surface area contributed by atoms with E-state index in [1.54, 1.807) is 6.92 Å². The van der Waals surface area contributed by atoms with E-state index in [1.165, 1.54) is 7.05 Å². The number of sulfonamides is 1. The highest BCUT2D eigenvalue weighted by atomic mass is 32.2. The van der Waals surface area contributed by atoms with Crippen molar-refractivity contribution >= 4 is 27.3 Å². The Balaban J connectivity index is 2.32. The van der Waals surface area contributed by atoms with E-state index in [1.807, 2.05) is 0 Å². The van der Waals surface area contributed by atoms with Gasteiger partial charge in [0.1, 0.15) is 5.01 Å². The van der Waals surface area contributed by atoms with Crippen molar-refractivity contribution in [3.8, 4) is 0 Å². The summed E-state index contributed by atoms with van der Waals surface area (Å²) in [6, 6.07) is 0. The Kier molecular flexibility index (Phi) is 7.90. The summed E-state index contributed by atoms with van der Waals surface area (Å²) in [5.74, 6) is 0.425. The summed E-state index contributed by atoms with van der Waals surface area (Å²) >= 11 is 0.913. The number of hydrogen-bond donors (Lipinski definition) is 3. The second-order valence-electron chi connectivity index (χ2n) is 4.63. The molecule has 0 radical (unpaired) electrons. The highest BCUT2D eigenvalue weighted by molar-refractivity contribution is 7.89. The fourth-order valence-electron chi connectivity index (χ4n) is 1.53. The summed E-state index contributed by atoms with van der Waals surface area (Å²) in [5.41, 5.74) is -0.907. The van der Waals surface area contributed by atoms with Gasteiger partial charge in [0.05, 0.1) is 12.3 Å². The maximum atomic E-state index is 12.5. The molecule has 0 unspecified atom stereocenters. The van der Waals surface area contributed by atoms with Crippen LogP contribution in [0, 0.1) is 0 Å². The van der Waals surface area contributed by atoms with E-state index in [9.17, 15) is 21.6 Å². The lowest BCUT2D eigenvalue weighted by Gasteiger charge is -2.11.